The van der Waals surface area contributed by atoms with Crippen molar-refractivity contribution in [1.29, 1.82) is 0 Å². The summed E-state index contributed by atoms with van der Waals surface area (Å²) in [5.74, 6) is 0.483. The lowest BCUT2D eigenvalue weighted by atomic mass is 9.84. The third-order valence-corrected chi connectivity index (χ3v) is 6.05. The fourth-order valence-corrected chi connectivity index (χ4v) is 4.36. The lowest BCUT2D eigenvalue weighted by Gasteiger charge is -2.51. The second-order valence-corrected chi connectivity index (χ2v) is 8.06. The van der Waals surface area contributed by atoms with Crippen molar-refractivity contribution in [2.75, 3.05) is 67.3 Å². The summed E-state index contributed by atoms with van der Waals surface area (Å²) in [5.41, 5.74) is 0. The summed E-state index contributed by atoms with van der Waals surface area (Å²) < 4.78 is 12.7. The Bertz CT molecular complexity index is 521. The predicted octanol–water partition coefficient (Wildman–Crippen LogP) is 0.259. The Hall–Kier alpha value is -1.42. The van der Waals surface area contributed by atoms with Crippen LogP contribution in [0.25, 0.3) is 0 Å². The third kappa shape index (κ3) is 4.11. The zero-order valence-electron chi connectivity index (χ0n) is 16.1. The Kier molecular flexibility index (Phi) is 6.01. The van der Waals surface area contributed by atoms with Crippen LogP contribution in [-0.4, -0.2) is 116 Å². The largest absolute Gasteiger partial charge is 0.440 e. The average molecular weight is 370 g/mol. The van der Waals surface area contributed by atoms with Crippen molar-refractivity contribution in [2.45, 2.75) is 25.1 Å². The SMILES string of the molecule is CN(C)C(=O)OC1C[N+]2(COCN3CCN(C)C3/C=N\O)CCC1CC2. The van der Waals surface area contributed by atoms with Gasteiger partial charge in [-0.15, -0.1) is 0 Å². The fraction of sp³-hybridized carbons (Fsp3) is 0.882. The van der Waals surface area contributed by atoms with Crippen LogP contribution in [0.1, 0.15) is 12.8 Å². The van der Waals surface area contributed by atoms with E-state index in [1.165, 1.54) is 11.1 Å². The average Bonchev–Trinajstić information content (AvgIpc) is 2.96. The van der Waals surface area contributed by atoms with E-state index in [1.807, 2.05) is 7.05 Å². The van der Waals surface area contributed by atoms with Gasteiger partial charge >= 0.3 is 6.09 Å². The summed E-state index contributed by atoms with van der Waals surface area (Å²) in [5, 5.41) is 12.0. The van der Waals surface area contributed by atoms with E-state index in [0.717, 1.165) is 50.0 Å². The second kappa shape index (κ2) is 8.08. The van der Waals surface area contributed by atoms with Gasteiger partial charge in [0.15, 0.2) is 12.8 Å². The van der Waals surface area contributed by atoms with Crippen molar-refractivity contribution in [2.24, 2.45) is 11.1 Å². The fourth-order valence-electron chi connectivity index (χ4n) is 4.36. The second-order valence-electron chi connectivity index (χ2n) is 8.06. The molecule has 0 saturated carbocycles. The number of fused-ring (bicyclic) bond motifs is 3. The number of rotatable bonds is 6. The molecule has 0 aliphatic carbocycles. The van der Waals surface area contributed by atoms with Crippen molar-refractivity contribution in [1.82, 2.24) is 14.7 Å². The molecule has 0 aromatic heterocycles. The first kappa shape index (κ1) is 19.3. The number of oxime groups is 1. The van der Waals surface area contributed by atoms with Crippen LogP contribution < -0.4 is 0 Å². The minimum atomic E-state index is -0.256. The van der Waals surface area contributed by atoms with Gasteiger partial charge in [0, 0.05) is 45.9 Å². The van der Waals surface area contributed by atoms with Crippen LogP contribution in [0.15, 0.2) is 5.16 Å². The van der Waals surface area contributed by atoms with Crippen molar-refractivity contribution in [3.63, 3.8) is 0 Å². The lowest BCUT2D eigenvalue weighted by molar-refractivity contribution is -0.963. The van der Waals surface area contributed by atoms with Crippen LogP contribution in [0.3, 0.4) is 0 Å². The molecule has 4 saturated heterocycles. The number of likely N-dealkylation sites (N-methyl/N-ethyl adjacent to an activating group) is 1. The molecule has 1 N–H and O–H groups in total. The zero-order valence-corrected chi connectivity index (χ0v) is 16.1. The highest BCUT2D eigenvalue weighted by molar-refractivity contribution is 5.67. The Morgan fingerprint density at radius 3 is 2.73 bits per heavy atom. The Morgan fingerprint density at radius 2 is 2.08 bits per heavy atom. The quantitative estimate of drug-likeness (QED) is 0.313. The van der Waals surface area contributed by atoms with E-state index in [9.17, 15) is 4.79 Å². The number of amides is 1. The van der Waals surface area contributed by atoms with Crippen molar-refractivity contribution >= 4 is 12.3 Å². The van der Waals surface area contributed by atoms with Gasteiger partial charge in [0.25, 0.3) is 0 Å². The van der Waals surface area contributed by atoms with Crippen LogP contribution in [0.4, 0.5) is 4.79 Å². The number of hydrogen-bond donors (Lipinski definition) is 1. The van der Waals surface area contributed by atoms with Gasteiger partial charge in [-0.2, -0.15) is 0 Å². The van der Waals surface area contributed by atoms with E-state index in [4.69, 9.17) is 14.7 Å². The molecule has 0 aromatic carbocycles. The third-order valence-electron chi connectivity index (χ3n) is 6.05. The molecule has 26 heavy (non-hydrogen) atoms. The summed E-state index contributed by atoms with van der Waals surface area (Å²) in [4.78, 5) is 17.7. The molecule has 2 bridgehead atoms. The normalized spacial score (nSPS) is 35.3. The molecule has 2 atom stereocenters. The first-order valence-corrected chi connectivity index (χ1v) is 9.37. The van der Waals surface area contributed by atoms with Crippen LogP contribution in [0.2, 0.25) is 0 Å². The predicted molar refractivity (Wildman–Crippen MR) is 95.8 cm³/mol. The molecule has 2 unspecified atom stereocenters. The molecular weight excluding hydrogens is 338 g/mol. The van der Waals surface area contributed by atoms with Crippen molar-refractivity contribution in [3.05, 3.63) is 0 Å². The molecule has 9 heteroatoms. The highest BCUT2D eigenvalue weighted by Crippen LogP contribution is 2.35. The van der Waals surface area contributed by atoms with Gasteiger partial charge in [-0.25, -0.2) is 4.79 Å². The number of carbonyl (C=O) groups excluding carboxylic acids is 1. The van der Waals surface area contributed by atoms with E-state index < -0.39 is 0 Å². The van der Waals surface area contributed by atoms with Crippen LogP contribution in [0.5, 0.6) is 0 Å². The monoisotopic (exact) mass is 370 g/mol. The lowest BCUT2D eigenvalue weighted by Crippen LogP contribution is -2.65. The summed E-state index contributed by atoms with van der Waals surface area (Å²) >= 11 is 0. The van der Waals surface area contributed by atoms with Gasteiger partial charge in [0.05, 0.1) is 19.3 Å². The van der Waals surface area contributed by atoms with Gasteiger partial charge in [-0.05, 0) is 7.05 Å². The van der Waals surface area contributed by atoms with Gasteiger partial charge in [-0.1, -0.05) is 5.16 Å². The van der Waals surface area contributed by atoms with Crippen LogP contribution in [0, 0.1) is 5.92 Å². The topological polar surface area (TPSA) is 77.8 Å². The minimum Gasteiger partial charge on any atom is -0.440 e. The molecule has 0 aromatic rings. The number of piperidine rings is 3. The maximum Gasteiger partial charge on any atom is 0.409 e. The number of ether oxygens (including phenoxy) is 2. The Balaban J connectivity index is 1.52. The first-order valence-electron chi connectivity index (χ1n) is 9.37. The molecule has 4 aliphatic heterocycles. The molecule has 4 heterocycles. The smallest absolute Gasteiger partial charge is 0.409 e. The van der Waals surface area contributed by atoms with Gasteiger partial charge in [0.1, 0.15) is 19.4 Å². The summed E-state index contributed by atoms with van der Waals surface area (Å²) in [6.45, 7) is 5.96. The molecule has 4 aliphatic rings. The maximum atomic E-state index is 11.9. The molecule has 0 radical (unpaired) electrons. The Labute approximate surface area is 155 Å². The number of carbonyl (C=O) groups is 1. The van der Waals surface area contributed by atoms with Crippen LogP contribution in [-0.2, 0) is 9.47 Å². The standard InChI is InChI=1S/C17H31N5O4/c1-19(2)17(23)26-15-11-22(8-4-14(15)5-9-22)13-25-12-21-7-6-20(3)16(21)10-18-24/h10,14-16H,4-9,11-13H2,1-3H3/p+1/b18-10-. The number of nitrogens with zero attached hydrogens (tertiary/aromatic N) is 5. The zero-order chi connectivity index (χ0) is 18.7. The highest BCUT2D eigenvalue weighted by atomic mass is 16.6. The minimum absolute atomic E-state index is 0.0109. The van der Waals surface area contributed by atoms with E-state index >= 15 is 0 Å². The molecule has 4 rings (SSSR count). The van der Waals surface area contributed by atoms with E-state index in [2.05, 4.69) is 15.0 Å². The van der Waals surface area contributed by atoms with E-state index in [-0.39, 0.29) is 18.4 Å². The van der Waals surface area contributed by atoms with E-state index in [0.29, 0.717) is 19.4 Å². The van der Waals surface area contributed by atoms with Crippen LogP contribution >= 0.6 is 0 Å². The highest BCUT2D eigenvalue weighted by Gasteiger charge is 2.48. The summed E-state index contributed by atoms with van der Waals surface area (Å²) in [6, 6.07) is 0. The molecule has 1 amide bonds. The van der Waals surface area contributed by atoms with Gasteiger partial charge in [0.2, 0.25) is 0 Å². The van der Waals surface area contributed by atoms with E-state index in [1.54, 1.807) is 14.1 Å². The molecule has 9 nitrogen and oxygen atoms in total. The molecule has 148 valence electrons. The summed E-state index contributed by atoms with van der Waals surface area (Å²) in [7, 11) is 5.44. The van der Waals surface area contributed by atoms with Crippen molar-refractivity contribution < 1.29 is 24.0 Å². The summed E-state index contributed by atoms with van der Waals surface area (Å²) in [6.07, 6.45) is 3.41. The molecule has 0 spiro atoms. The van der Waals surface area contributed by atoms with Gasteiger partial charge in [-0.3, -0.25) is 14.3 Å². The first-order chi connectivity index (χ1) is 12.4. The van der Waals surface area contributed by atoms with Crippen molar-refractivity contribution in [3.8, 4) is 0 Å². The number of quaternary nitrogens is 1. The Morgan fingerprint density at radius 1 is 1.35 bits per heavy atom. The maximum absolute atomic E-state index is 11.9. The molecular formula is C17H32N5O4+. The van der Waals surface area contributed by atoms with Gasteiger partial charge < -0.3 is 19.6 Å². The molecule has 4 fully saturated rings. The number of hydrogen-bond acceptors (Lipinski definition) is 7.